The van der Waals surface area contributed by atoms with E-state index in [1.807, 2.05) is 0 Å². The summed E-state index contributed by atoms with van der Waals surface area (Å²) in [6.45, 7) is 3.22. The number of carbonyl (C=O) groups excluding carboxylic acids is 2. The third kappa shape index (κ3) is 4.52. The first kappa shape index (κ1) is 20.3. The van der Waals surface area contributed by atoms with E-state index in [4.69, 9.17) is 4.74 Å². The van der Waals surface area contributed by atoms with Gasteiger partial charge >= 0.3 is 5.97 Å². The third-order valence-electron chi connectivity index (χ3n) is 5.13. The van der Waals surface area contributed by atoms with Crippen LogP contribution in [0.2, 0.25) is 0 Å². The van der Waals surface area contributed by atoms with Crippen molar-refractivity contribution < 1.29 is 22.7 Å². The van der Waals surface area contributed by atoms with Crippen molar-refractivity contribution in [2.45, 2.75) is 56.5 Å². The number of hydrogen-bond donors (Lipinski definition) is 2. The summed E-state index contributed by atoms with van der Waals surface area (Å²) >= 11 is 0. The summed E-state index contributed by atoms with van der Waals surface area (Å²) in [7, 11) is -3.67. The Bertz CT molecular complexity index is 897. The van der Waals surface area contributed by atoms with E-state index in [-0.39, 0.29) is 29.3 Å². The van der Waals surface area contributed by atoms with Gasteiger partial charge in [0.25, 0.3) is 15.9 Å². The van der Waals surface area contributed by atoms with Crippen molar-refractivity contribution in [2.75, 3.05) is 6.61 Å². The van der Waals surface area contributed by atoms with E-state index in [1.54, 1.807) is 18.2 Å². The maximum Gasteiger partial charge on any atom is 0.331 e. The summed E-state index contributed by atoms with van der Waals surface area (Å²) in [5.41, 5.74) is 0.408. The van der Waals surface area contributed by atoms with Crippen LogP contribution in [-0.4, -0.2) is 44.8 Å². The minimum absolute atomic E-state index is 0.0977. The zero-order chi connectivity index (χ0) is 20.3. The zero-order valence-electron chi connectivity index (χ0n) is 16.0. The number of ether oxygens (including phenoxy) is 1. The van der Waals surface area contributed by atoms with Crippen molar-refractivity contribution >= 4 is 27.7 Å². The number of benzene rings is 1. The van der Waals surface area contributed by atoms with Crippen molar-refractivity contribution in [3.8, 4) is 0 Å². The molecule has 152 valence electrons. The summed E-state index contributed by atoms with van der Waals surface area (Å²) in [6, 6.07) is 5.55. The van der Waals surface area contributed by atoms with Crippen molar-refractivity contribution in [1.82, 2.24) is 10.0 Å². The lowest BCUT2D eigenvalue weighted by Gasteiger charge is -2.29. The van der Waals surface area contributed by atoms with Gasteiger partial charge in [-0.05, 0) is 37.8 Å². The highest BCUT2D eigenvalue weighted by Gasteiger charge is 2.31. The van der Waals surface area contributed by atoms with E-state index in [9.17, 15) is 18.0 Å². The molecule has 0 aromatic heterocycles. The lowest BCUT2D eigenvalue weighted by molar-refractivity contribution is -0.149. The molecular weight excluding hydrogens is 382 g/mol. The summed E-state index contributed by atoms with van der Waals surface area (Å²) in [6.07, 6.45) is 4.27. The van der Waals surface area contributed by atoms with Gasteiger partial charge in [-0.1, -0.05) is 31.9 Å². The standard InChI is InChI=1S/C19H25N3O5S/c1-12-7-3-5-9-15(12)21-17(23)11-27-19(24)13(2)20-18-14-8-4-6-10-16(14)28(25,26)22-18/h4,6,8,10,12-13,15H,3,5,7,9,11H2,1-2H3,(H,20,22)(H,21,23)/t12-,13-,15+/m0/s1. The number of nitrogens with one attached hydrogen (secondary N) is 2. The lowest BCUT2D eigenvalue weighted by atomic mass is 9.86. The number of amidine groups is 1. The monoisotopic (exact) mass is 407 g/mol. The first-order valence-corrected chi connectivity index (χ1v) is 10.9. The second-order valence-corrected chi connectivity index (χ2v) is 8.95. The molecule has 0 unspecified atom stereocenters. The number of hydrogen-bond acceptors (Lipinski definition) is 6. The van der Waals surface area contributed by atoms with Crippen LogP contribution in [0.5, 0.6) is 0 Å². The van der Waals surface area contributed by atoms with E-state index in [0.717, 1.165) is 19.3 Å². The molecule has 9 heteroatoms. The fraction of sp³-hybridized carbons (Fsp3) is 0.526. The summed E-state index contributed by atoms with van der Waals surface area (Å²) < 4.78 is 31.6. The number of fused-ring (bicyclic) bond motifs is 1. The van der Waals surface area contributed by atoms with Crippen LogP contribution >= 0.6 is 0 Å². The Kier molecular flexibility index (Phi) is 6.02. The van der Waals surface area contributed by atoms with Gasteiger partial charge in [0.1, 0.15) is 11.9 Å². The minimum Gasteiger partial charge on any atom is -0.454 e. The molecule has 0 radical (unpaired) electrons. The molecule has 0 spiro atoms. The fourth-order valence-electron chi connectivity index (χ4n) is 3.51. The van der Waals surface area contributed by atoms with Crippen LogP contribution in [0.3, 0.4) is 0 Å². The Labute approximate surface area is 164 Å². The molecule has 1 aromatic carbocycles. The fourth-order valence-corrected chi connectivity index (χ4v) is 4.75. The van der Waals surface area contributed by atoms with E-state index >= 15 is 0 Å². The first-order valence-electron chi connectivity index (χ1n) is 9.44. The molecule has 2 aliphatic rings. The van der Waals surface area contributed by atoms with Crippen LogP contribution in [-0.2, 0) is 24.3 Å². The molecular formula is C19H25N3O5S. The molecule has 1 heterocycles. The quantitative estimate of drug-likeness (QED) is 0.715. The van der Waals surface area contributed by atoms with Crippen molar-refractivity contribution in [3.63, 3.8) is 0 Å². The second-order valence-electron chi connectivity index (χ2n) is 7.30. The van der Waals surface area contributed by atoms with Gasteiger partial charge < -0.3 is 10.1 Å². The van der Waals surface area contributed by atoms with E-state index in [2.05, 4.69) is 22.0 Å². The van der Waals surface area contributed by atoms with Gasteiger partial charge in [0.05, 0.1) is 4.90 Å². The van der Waals surface area contributed by atoms with Gasteiger partial charge in [0, 0.05) is 11.6 Å². The number of amides is 1. The molecule has 1 amide bonds. The lowest BCUT2D eigenvalue weighted by Crippen LogP contribution is -2.43. The van der Waals surface area contributed by atoms with E-state index in [1.165, 1.54) is 19.4 Å². The van der Waals surface area contributed by atoms with Gasteiger partial charge in [-0.25, -0.2) is 13.2 Å². The van der Waals surface area contributed by atoms with Crippen LogP contribution in [0.15, 0.2) is 34.2 Å². The number of rotatable bonds is 5. The summed E-state index contributed by atoms with van der Waals surface area (Å²) in [5, 5.41) is 2.92. The topological polar surface area (TPSA) is 114 Å². The van der Waals surface area contributed by atoms with Gasteiger partial charge in [0.15, 0.2) is 6.61 Å². The van der Waals surface area contributed by atoms with Gasteiger partial charge in [0.2, 0.25) is 0 Å². The minimum atomic E-state index is -3.67. The molecule has 0 saturated heterocycles. The summed E-state index contributed by atoms with van der Waals surface area (Å²) in [4.78, 5) is 28.5. The molecule has 28 heavy (non-hydrogen) atoms. The Morgan fingerprint density at radius 3 is 2.75 bits per heavy atom. The smallest absolute Gasteiger partial charge is 0.331 e. The molecule has 1 aromatic rings. The van der Waals surface area contributed by atoms with Crippen LogP contribution < -0.4 is 10.0 Å². The molecule has 1 aliphatic heterocycles. The second kappa shape index (κ2) is 8.30. The highest BCUT2D eigenvalue weighted by molar-refractivity contribution is 7.90. The van der Waals surface area contributed by atoms with Crippen molar-refractivity contribution in [3.05, 3.63) is 29.8 Å². The van der Waals surface area contributed by atoms with E-state index in [0.29, 0.717) is 11.5 Å². The molecule has 1 saturated carbocycles. The predicted molar refractivity (Wildman–Crippen MR) is 103 cm³/mol. The number of sulfonamides is 1. The Morgan fingerprint density at radius 2 is 2.00 bits per heavy atom. The zero-order valence-corrected chi connectivity index (χ0v) is 16.8. The van der Waals surface area contributed by atoms with Gasteiger partial charge in [-0.3, -0.25) is 14.5 Å². The molecule has 1 fully saturated rings. The normalized spacial score (nSPS) is 25.4. The average Bonchev–Trinajstić information content (AvgIpc) is 2.92. The molecule has 0 bridgehead atoms. The molecule has 1 aliphatic carbocycles. The molecule has 3 rings (SSSR count). The maximum absolute atomic E-state index is 12.2. The molecule has 8 nitrogen and oxygen atoms in total. The predicted octanol–water partition coefficient (Wildman–Crippen LogP) is 1.35. The van der Waals surface area contributed by atoms with Gasteiger partial charge in [-0.2, -0.15) is 0 Å². The number of aliphatic imine (C=N–C) groups is 1. The van der Waals surface area contributed by atoms with Crippen LogP contribution in [0, 0.1) is 5.92 Å². The highest BCUT2D eigenvalue weighted by Crippen LogP contribution is 2.24. The summed E-state index contributed by atoms with van der Waals surface area (Å²) in [5.74, 6) is -0.517. The van der Waals surface area contributed by atoms with Crippen LogP contribution in [0.25, 0.3) is 0 Å². The number of nitrogens with zero attached hydrogens (tertiary/aromatic N) is 1. The third-order valence-corrected chi connectivity index (χ3v) is 6.53. The highest BCUT2D eigenvalue weighted by atomic mass is 32.2. The van der Waals surface area contributed by atoms with Crippen LogP contribution in [0.4, 0.5) is 0 Å². The van der Waals surface area contributed by atoms with Gasteiger partial charge in [-0.15, -0.1) is 0 Å². The van der Waals surface area contributed by atoms with E-state index < -0.39 is 22.0 Å². The number of esters is 1. The number of carbonyl (C=O) groups is 2. The SMILES string of the molecule is C[C@H](N=C1NS(=O)(=O)c2ccccc21)C(=O)OCC(=O)N[C@@H]1CCCC[C@@H]1C. The first-order chi connectivity index (χ1) is 13.3. The van der Waals surface area contributed by atoms with Crippen molar-refractivity contribution in [1.29, 1.82) is 0 Å². The van der Waals surface area contributed by atoms with Crippen molar-refractivity contribution in [2.24, 2.45) is 10.9 Å². The maximum atomic E-state index is 12.2. The Morgan fingerprint density at radius 1 is 1.29 bits per heavy atom. The molecule has 3 atom stereocenters. The average molecular weight is 407 g/mol. The Balaban J connectivity index is 1.57. The largest absolute Gasteiger partial charge is 0.454 e. The molecule has 2 N–H and O–H groups in total. The van der Waals surface area contributed by atoms with Crippen LogP contribution in [0.1, 0.15) is 45.1 Å². The Hall–Kier alpha value is -2.42.